The summed E-state index contributed by atoms with van der Waals surface area (Å²) in [5.41, 5.74) is 5.55. The Hall–Kier alpha value is -2.46. The van der Waals surface area contributed by atoms with Crippen LogP contribution in [0.1, 0.15) is 92.6 Å². The third-order valence-corrected chi connectivity index (χ3v) is 7.27. The Bertz CT molecular complexity index is 1090. The van der Waals surface area contributed by atoms with E-state index in [1.54, 1.807) is 11.3 Å². The van der Waals surface area contributed by atoms with Gasteiger partial charge in [-0.15, -0.1) is 11.3 Å². The normalized spacial score (nSPS) is 11.8. The van der Waals surface area contributed by atoms with Crippen molar-refractivity contribution in [3.05, 3.63) is 75.4 Å². The summed E-state index contributed by atoms with van der Waals surface area (Å²) in [5, 5.41) is 2.16. The van der Waals surface area contributed by atoms with Crippen LogP contribution < -0.4 is 4.80 Å². The number of aryl methyl sites for hydroxylation is 2. The summed E-state index contributed by atoms with van der Waals surface area (Å²) in [6, 6.07) is 15.9. The monoisotopic (exact) mass is 476 g/mol. The smallest absolute Gasteiger partial charge is 0.279 e. The molecule has 1 amide bonds. The number of rotatable bonds is 13. The highest BCUT2D eigenvalue weighted by molar-refractivity contribution is 7.07. The molecule has 182 valence electrons. The molecule has 1 heterocycles. The van der Waals surface area contributed by atoms with E-state index in [4.69, 9.17) is 0 Å². The first-order valence-electron chi connectivity index (χ1n) is 13.0. The molecule has 0 fully saturated rings. The minimum Gasteiger partial charge on any atom is -0.316 e. The Balaban J connectivity index is 1.69. The highest BCUT2D eigenvalue weighted by Gasteiger charge is 2.12. The lowest BCUT2D eigenvalue weighted by atomic mass is 10.0. The standard InChI is InChI=1S/C30H40N2OS/c1-4-5-6-7-8-9-10-11-12-16-21-32-28(27-20-19-24(2)22-25(27)3)23-34-30(32)31-29(33)26-17-14-13-15-18-26/h13-15,17-20,22-23H,4-12,16,21H2,1-3H3. The molecule has 0 aliphatic heterocycles. The highest BCUT2D eigenvalue weighted by atomic mass is 32.1. The molecule has 0 bridgehead atoms. The first-order chi connectivity index (χ1) is 16.6. The van der Waals surface area contributed by atoms with Crippen molar-refractivity contribution in [1.29, 1.82) is 0 Å². The number of unbranched alkanes of at least 4 members (excludes halogenated alkanes) is 9. The van der Waals surface area contributed by atoms with Gasteiger partial charge in [0.05, 0.1) is 5.69 Å². The predicted molar refractivity (Wildman–Crippen MR) is 145 cm³/mol. The number of hydrogen-bond acceptors (Lipinski definition) is 2. The van der Waals surface area contributed by atoms with Crippen LogP contribution in [-0.2, 0) is 6.54 Å². The molecule has 0 aliphatic rings. The van der Waals surface area contributed by atoms with Crippen molar-refractivity contribution in [2.75, 3.05) is 0 Å². The van der Waals surface area contributed by atoms with Gasteiger partial charge in [0, 0.05) is 23.1 Å². The Morgan fingerprint density at radius 2 is 1.50 bits per heavy atom. The summed E-state index contributed by atoms with van der Waals surface area (Å²) in [7, 11) is 0. The van der Waals surface area contributed by atoms with Crippen LogP contribution in [0.4, 0.5) is 0 Å². The predicted octanol–water partition coefficient (Wildman–Crippen LogP) is 8.50. The van der Waals surface area contributed by atoms with Gasteiger partial charge in [-0.3, -0.25) is 4.79 Å². The van der Waals surface area contributed by atoms with E-state index in [0.717, 1.165) is 23.5 Å². The van der Waals surface area contributed by atoms with Crippen LogP contribution in [0.2, 0.25) is 0 Å². The summed E-state index contributed by atoms with van der Waals surface area (Å²) in [6.07, 6.45) is 13.1. The topological polar surface area (TPSA) is 34.4 Å². The van der Waals surface area contributed by atoms with E-state index in [0.29, 0.717) is 5.56 Å². The van der Waals surface area contributed by atoms with Gasteiger partial charge in [-0.2, -0.15) is 4.99 Å². The summed E-state index contributed by atoms with van der Waals surface area (Å²) < 4.78 is 2.26. The molecular weight excluding hydrogens is 436 g/mol. The van der Waals surface area contributed by atoms with E-state index >= 15 is 0 Å². The quantitative estimate of drug-likeness (QED) is 0.228. The van der Waals surface area contributed by atoms with Crippen molar-refractivity contribution < 1.29 is 4.79 Å². The van der Waals surface area contributed by atoms with Gasteiger partial charge in [0.15, 0.2) is 4.80 Å². The van der Waals surface area contributed by atoms with Crippen molar-refractivity contribution >= 4 is 17.2 Å². The molecule has 0 saturated heterocycles. The van der Waals surface area contributed by atoms with E-state index in [9.17, 15) is 4.79 Å². The van der Waals surface area contributed by atoms with Crippen molar-refractivity contribution in [3.8, 4) is 11.3 Å². The molecule has 0 atom stereocenters. The second-order valence-corrected chi connectivity index (χ2v) is 10.2. The van der Waals surface area contributed by atoms with Gasteiger partial charge in [-0.1, -0.05) is 107 Å². The molecule has 3 rings (SSSR count). The second-order valence-electron chi connectivity index (χ2n) is 9.34. The molecule has 0 saturated carbocycles. The fraction of sp³-hybridized carbons (Fsp3) is 0.467. The lowest BCUT2D eigenvalue weighted by Crippen LogP contribution is -2.18. The van der Waals surface area contributed by atoms with Gasteiger partial charge in [0.2, 0.25) is 0 Å². The molecule has 0 unspecified atom stereocenters. The van der Waals surface area contributed by atoms with Crippen LogP contribution >= 0.6 is 11.3 Å². The summed E-state index contributed by atoms with van der Waals surface area (Å²) in [6.45, 7) is 7.45. The average Bonchev–Trinajstić information content (AvgIpc) is 3.22. The van der Waals surface area contributed by atoms with E-state index in [-0.39, 0.29) is 5.91 Å². The fourth-order valence-electron chi connectivity index (χ4n) is 4.44. The van der Waals surface area contributed by atoms with Gasteiger partial charge in [-0.05, 0) is 38.0 Å². The van der Waals surface area contributed by atoms with E-state index in [2.05, 4.69) is 53.9 Å². The maximum atomic E-state index is 12.8. The van der Waals surface area contributed by atoms with Crippen molar-refractivity contribution in [2.45, 2.75) is 91.5 Å². The molecule has 1 aromatic heterocycles. The Kier molecular flexibility index (Phi) is 10.8. The van der Waals surface area contributed by atoms with Crippen LogP contribution in [0.25, 0.3) is 11.3 Å². The Morgan fingerprint density at radius 3 is 2.15 bits per heavy atom. The van der Waals surface area contributed by atoms with E-state index in [1.165, 1.54) is 74.5 Å². The van der Waals surface area contributed by atoms with Gasteiger partial charge in [0.1, 0.15) is 0 Å². The van der Waals surface area contributed by atoms with E-state index in [1.807, 2.05) is 30.3 Å². The number of carbonyl (C=O) groups excluding carboxylic acids is 1. The minimum absolute atomic E-state index is 0.175. The van der Waals surface area contributed by atoms with Gasteiger partial charge in [0.25, 0.3) is 5.91 Å². The highest BCUT2D eigenvalue weighted by Crippen LogP contribution is 2.25. The zero-order valence-corrected chi connectivity index (χ0v) is 22.0. The largest absolute Gasteiger partial charge is 0.316 e. The summed E-state index contributed by atoms with van der Waals surface area (Å²) in [5.74, 6) is -0.175. The van der Waals surface area contributed by atoms with Gasteiger partial charge < -0.3 is 4.57 Å². The summed E-state index contributed by atoms with van der Waals surface area (Å²) in [4.78, 5) is 18.1. The second kappa shape index (κ2) is 14.1. The zero-order valence-electron chi connectivity index (χ0n) is 21.2. The lowest BCUT2D eigenvalue weighted by Gasteiger charge is -2.12. The molecule has 2 aromatic carbocycles. The van der Waals surface area contributed by atoms with Gasteiger partial charge >= 0.3 is 0 Å². The van der Waals surface area contributed by atoms with Crippen LogP contribution in [0.5, 0.6) is 0 Å². The molecule has 3 aromatic rings. The summed E-state index contributed by atoms with van der Waals surface area (Å²) >= 11 is 1.56. The van der Waals surface area contributed by atoms with Crippen LogP contribution in [0.3, 0.4) is 0 Å². The van der Waals surface area contributed by atoms with Crippen molar-refractivity contribution in [1.82, 2.24) is 4.57 Å². The van der Waals surface area contributed by atoms with Crippen LogP contribution in [-0.4, -0.2) is 10.5 Å². The minimum atomic E-state index is -0.175. The number of carbonyl (C=O) groups is 1. The molecule has 0 spiro atoms. The number of thiazole rings is 1. The number of hydrogen-bond donors (Lipinski definition) is 0. The SMILES string of the molecule is CCCCCCCCCCCCn1c(-c2ccc(C)cc2C)csc1=NC(=O)c1ccccc1. The van der Waals surface area contributed by atoms with Gasteiger partial charge in [-0.25, -0.2) is 0 Å². The maximum Gasteiger partial charge on any atom is 0.279 e. The zero-order chi connectivity index (χ0) is 24.2. The van der Waals surface area contributed by atoms with E-state index < -0.39 is 0 Å². The Labute approximate surface area is 209 Å². The van der Waals surface area contributed by atoms with Crippen LogP contribution in [0, 0.1) is 13.8 Å². The maximum absolute atomic E-state index is 12.8. The number of nitrogens with zero attached hydrogens (tertiary/aromatic N) is 2. The fourth-order valence-corrected chi connectivity index (χ4v) is 5.36. The third-order valence-electron chi connectivity index (χ3n) is 6.41. The molecule has 0 radical (unpaired) electrons. The number of benzene rings is 2. The molecular formula is C30H40N2OS. The van der Waals surface area contributed by atoms with Crippen LogP contribution in [0.15, 0.2) is 58.9 Å². The first kappa shape index (κ1) is 26.2. The van der Waals surface area contributed by atoms with Crippen molar-refractivity contribution in [3.63, 3.8) is 0 Å². The van der Waals surface area contributed by atoms with Crippen molar-refractivity contribution in [2.24, 2.45) is 4.99 Å². The molecule has 3 nitrogen and oxygen atoms in total. The number of amides is 1. The average molecular weight is 477 g/mol. The molecule has 0 N–H and O–H groups in total. The molecule has 0 aliphatic carbocycles. The Morgan fingerprint density at radius 1 is 0.853 bits per heavy atom. The molecule has 34 heavy (non-hydrogen) atoms. The number of aromatic nitrogens is 1. The first-order valence-corrected chi connectivity index (χ1v) is 13.9. The molecule has 4 heteroatoms. The third kappa shape index (κ3) is 7.80. The lowest BCUT2D eigenvalue weighted by molar-refractivity contribution is 0.0997.